The Kier molecular flexibility index (Phi) is 6.14. The van der Waals surface area contributed by atoms with Crippen LogP contribution in [0.3, 0.4) is 0 Å². The minimum Gasteiger partial charge on any atom is -0.467 e. The fraction of sp³-hybridized carbons (Fsp3) is 0.333. The van der Waals surface area contributed by atoms with E-state index in [1.165, 1.54) is 6.26 Å². The van der Waals surface area contributed by atoms with E-state index in [1.807, 2.05) is 24.3 Å². The zero-order valence-electron chi connectivity index (χ0n) is 14.3. The molecule has 1 saturated heterocycles. The summed E-state index contributed by atoms with van der Waals surface area (Å²) < 4.78 is 5.12. The van der Waals surface area contributed by atoms with E-state index in [0.717, 1.165) is 41.8 Å². The van der Waals surface area contributed by atoms with Crippen molar-refractivity contribution in [1.29, 1.82) is 0 Å². The van der Waals surface area contributed by atoms with Crippen LogP contribution in [0, 0.1) is 0 Å². The van der Waals surface area contributed by atoms with Crippen LogP contribution in [0.1, 0.15) is 5.76 Å². The zero-order valence-corrected chi connectivity index (χ0v) is 15.1. The lowest BCUT2D eigenvalue weighted by Gasteiger charge is -2.33. The summed E-state index contributed by atoms with van der Waals surface area (Å²) in [6, 6.07) is 10.7. The third-order valence-electron chi connectivity index (χ3n) is 4.33. The highest BCUT2D eigenvalue weighted by Crippen LogP contribution is 2.24. The average Bonchev–Trinajstić information content (AvgIpc) is 3.15. The summed E-state index contributed by atoms with van der Waals surface area (Å²) in [5.74, 6) is 0.344. The maximum Gasteiger partial charge on any atom is 0.321 e. The zero-order chi connectivity index (χ0) is 18.4. The topological polar surface area (TPSA) is 79.0 Å². The van der Waals surface area contributed by atoms with Crippen LogP contribution in [-0.4, -0.2) is 44.7 Å². The maximum atomic E-state index is 12.0. The van der Waals surface area contributed by atoms with Gasteiger partial charge in [0.2, 0.25) is 0 Å². The number of hydrogen-bond donors (Lipinski definition) is 3. The molecule has 0 aliphatic carbocycles. The second-order valence-electron chi connectivity index (χ2n) is 6.18. The number of carbonyl (C=O) groups is 2. The minimum absolute atomic E-state index is 0.246. The summed E-state index contributed by atoms with van der Waals surface area (Å²) in [6.07, 6.45) is 1.53. The molecule has 26 heavy (non-hydrogen) atoms. The van der Waals surface area contributed by atoms with Crippen LogP contribution in [0.25, 0.3) is 0 Å². The van der Waals surface area contributed by atoms with Crippen molar-refractivity contribution in [2.24, 2.45) is 0 Å². The number of furan rings is 1. The largest absolute Gasteiger partial charge is 0.467 e. The number of para-hydroxylation sites is 1. The van der Waals surface area contributed by atoms with Gasteiger partial charge in [0.05, 0.1) is 49.7 Å². The number of piperazine rings is 1. The molecule has 1 aliphatic rings. The van der Waals surface area contributed by atoms with Crippen molar-refractivity contribution in [3.63, 3.8) is 0 Å². The number of benzene rings is 1. The average molecular weight is 378 g/mol. The van der Waals surface area contributed by atoms with Crippen molar-refractivity contribution >= 4 is 29.2 Å². The van der Waals surface area contributed by atoms with Crippen LogP contribution in [-0.2, 0) is 11.3 Å². The lowest BCUT2D eigenvalue weighted by molar-refractivity contribution is -0.892. The molecule has 138 valence electrons. The fourth-order valence-electron chi connectivity index (χ4n) is 2.97. The molecule has 7 nitrogen and oxygen atoms in total. The first-order chi connectivity index (χ1) is 12.6. The number of nitrogens with zero attached hydrogens (tertiary/aromatic N) is 1. The van der Waals surface area contributed by atoms with Crippen LogP contribution >= 0.6 is 11.6 Å². The van der Waals surface area contributed by atoms with Gasteiger partial charge in [0.25, 0.3) is 5.91 Å². The van der Waals surface area contributed by atoms with Gasteiger partial charge in [-0.1, -0.05) is 23.7 Å². The van der Waals surface area contributed by atoms with E-state index in [2.05, 4.69) is 15.5 Å². The standard InChI is InChI=1S/C18H21ClN4O3/c19-15-5-1-2-6-16(15)23-9-7-22(8-10-23)13-17(24)21-18(25)20-12-14-4-3-11-26-14/h1-6,11H,7-10,12-13H2,(H2,20,21,24,25)/p+1. The molecule has 0 saturated carbocycles. The molecule has 0 radical (unpaired) electrons. The van der Waals surface area contributed by atoms with Crippen LogP contribution < -0.4 is 20.4 Å². The second kappa shape index (κ2) is 8.73. The van der Waals surface area contributed by atoms with Crippen LogP contribution in [0.5, 0.6) is 0 Å². The predicted octanol–water partition coefficient (Wildman–Crippen LogP) is 0.664. The van der Waals surface area contributed by atoms with Gasteiger partial charge in [-0.05, 0) is 24.3 Å². The van der Waals surface area contributed by atoms with Crippen molar-refractivity contribution in [3.8, 4) is 0 Å². The van der Waals surface area contributed by atoms with Crippen LogP contribution in [0.4, 0.5) is 10.5 Å². The first-order valence-electron chi connectivity index (χ1n) is 8.55. The normalized spacial score (nSPS) is 14.9. The van der Waals surface area contributed by atoms with Gasteiger partial charge in [-0.3, -0.25) is 10.1 Å². The van der Waals surface area contributed by atoms with Gasteiger partial charge >= 0.3 is 6.03 Å². The number of imide groups is 1. The molecule has 2 aromatic rings. The third-order valence-corrected chi connectivity index (χ3v) is 4.65. The highest BCUT2D eigenvalue weighted by molar-refractivity contribution is 6.33. The number of halogens is 1. The van der Waals surface area contributed by atoms with Crippen molar-refractivity contribution in [1.82, 2.24) is 10.6 Å². The molecular weight excluding hydrogens is 356 g/mol. The molecule has 2 heterocycles. The first-order valence-corrected chi connectivity index (χ1v) is 8.93. The van der Waals surface area contributed by atoms with Crippen molar-refractivity contribution in [2.45, 2.75) is 6.54 Å². The SMILES string of the molecule is O=C(C[NH+]1CCN(c2ccccc2Cl)CC1)NC(=O)NCc1ccco1. The van der Waals surface area contributed by atoms with Gasteiger partial charge in [-0.2, -0.15) is 0 Å². The summed E-state index contributed by atoms with van der Waals surface area (Å²) in [4.78, 5) is 27.2. The Labute approximate surface area is 156 Å². The van der Waals surface area contributed by atoms with Crippen molar-refractivity contribution < 1.29 is 18.9 Å². The molecule has 3 amide bonds. The molecule has 3 rings (SSSR count). The minimum atomic E-state index is -0.513. The molecule has 0 atom stereocenters. The van der Waals surface area contributed by atoms with E-state index in [0.29, 0.717) is 5.76 Å². The molecule has 0 spiro atoms. The Bertz CT molecular complexity index is 743. The Morgan fingerprint density at radius 3 is 2.62 bits per heavy atom. The monoisotopic (exact) mass is 377 g/mol. The molecule has 1 aromatic heterocycles. The number of quaternary nitrogens is 1. The van der Waals surface area contributed by atoms with Gasteiger partial charge in [-0.15, -0.1) is 0 Å². The molecule has 3 N–H and O–H groups in total. The summed E-state index contributed by atoms with van der Waals surface area (Å²) in [6.45, 7) is 3.77. The quantitative estimate of drug-likeness (QED) is 0.715. The van der Waals surface area contributed by atoms with Crippen molar-refractivity contribution in [3.05, 3.63) is 53.4 Å². The second-order valence-corrected chi connectivity index (χ2v) is 6.58. The van der Waals surface area contributed by atoms with Gasteiger partial charge < -0.3 is 19.5 Å². The van der Waals surface area contributed by atoms with Crippen LogP contribution in [0.15, 0.2) is 47.1 Å². The van der Waals surface area contributed by atoms with E-state index >= 15 is 0 Å². The van der Waals surface area contributed by atoms with Gasteiger partial charge in [0.1, 0.15) is 5.76 Å². The van der Waals surface area contributed by atoms with E-state index in [-0.39, 0.29) is 19.0 Å². The summed E-state index contributed by atoms with van der Waals surface area (Å²) in [5.41, 5.74) is 1.02. The van der Waals surface area contributed by atoms with Crippen LogP contribution in [0.2, 0.25) is 5.02 Å². The lowest BCUT2D eigenvalue weighted by Crippen LogP contribution is -3.16. The highest BCUT2D eigenvalue weighted by Gasteiger charge is 2.24. The lowest BCUT2D eigenvalue weighted by atomic mass is 10.2. The number of hydrogen-bond acceptors (Lipinski definition) is 4. The molecule has 0 bridgehead atoms. The summed E-state index contributed by atoms with van der Waals surface area (Å²) in [5, 5.41) is 5.68. The summed E-state index contributed by atoms with van der Waals surface area (Å²) >= 11 is 6.24. The van der Waals surface area contributed by atoms with Gasteiger partial charge in [-0.25, -0.2) is 4.79 Å². The number of anilines is 1. The molecule has 1 fully saturated rings. The number of carbonyl (C=O) groups excluding carboxylic acids is 2. The van der Waals surface area contributed by atoms with E-state index in [9.17, 15) is 9.59 Å². The Morgan fingerprint density at radius 2 is 1.92 bits per heavy atom. The predicted molar refractivity (Wildman–Crippen MR) is 98.3 cm³/mol. The van der Waals surface area contributed by atoms with Gasteiger partial charge in [0, 0.05) is 0 Å². The Morgan fingerprint density at radius 1 is 1.15 bits per heavy atom. The third kappa shape index (κ3) is 5.00. The molecule has 1 aliphatic heterocycles. The number of rotatable bonds is 5. The van der Waals surface area contributed by atoms with Crippen molar-refractivity contribution in [2.75, 3.05) is 37.6 Å². The molecular formula is C18H22ClN4O3+. The molecule has 8 heteroatoms. The van der Waals surface area contributed by atoms with E-state index in [4.69, 9.17) is 16.0 Å². The maximum absolute atomic E-state index is 12.0. The van der Waals surface area contributed by atoms with Gasteiger partial charge in [0.15, 0.2) is 6.54 Å². The number of urea groups is 1. The highest BCUT2D eigenvalue weighted by atomic mass is 35.5. The Balaban J connectivity index is 1.39. The molecule has 1 aromatic carbocycles. The number of nitrogens with one attached hydrogen (secondary N) is 3. The Hall–Kier alpha value is -2.51. The summed E-state index contributed by atoms with van der Waals surface area (Å²) in [7, 11) is 0. The number of amides is 3. The molecule has 0 unspecified atom stereocenters. The smallest absolute Gasteiger partial charge is 0.321 e. The van der Waals surface area contributed by atoms with E-state index < -0.39 is 6.03 Å². The van der Waals surface area contributed by atoms with E-state index in [1.54, 1.807) is 12.1 Å². The first kappa shape index (κ1) is 18.3. The fourth-order valence-corrected chi connectivity index (χ4v) is 3.23.